The number of alkyl halides is 1. The molecule has 4 aliphatic heterocycles. The van der Waals surface area contributed by atoms with Crippen LogP contribution in [0.5, 0.6) is 0 Å². The molecule has 11 heterocycles. The van der Waals surface area contributed by atoms with Crippen molar-refractivity contribution < 1.29 is 81.4 Å². The molecule has 0 bridgehead atoms. The van der Waals surface area contributed by atoms with Crippen molar-refractivity contribution in [2.45, 2.75) is 167 Å². The molecule has 0 atom stereocenters. The topological polar surface area (TPSA) is 458 Å². The summed E-state index contributed by atoms with van der Waals surface area (Å²) in [5.74, 6) is 1.67. The second-order valence-corrected chi connectivity index (χ2v) is 49.0. The van der Waals surface area contributed by atoms with E-state index in [1.54, 1.807) is 98.5 Å². The third-order valence-corrected chi connectivity index (χ3v) is 32.7. The highest BCUT2D eigenvalue weighted by atomic mass is 32.2. The van der Waals surface area contributed by atoms with Gasteiger partial charge in [0.1, 0.15) is 28.4 Å². The van der Waals surface area contributed by atoms with Gasteiger partial charge in [-0.05, 0) is 266 Å². The van der Waals surface area contributed by atoms with Crippen molar-refractivity contribution >= 4 is 142 Å². The van der Waals surface area contributed by atoms with Crippen LogP contribution in [0.15, 0.2) is 128 Å². The lowest BCUT2D eigenvalue weighted by molar-refractivity contribution is -0.135. The molecule has 0 spiro atoms. The van der Waals surface area contributed by atoms with Crippen LogP contribution in [0, 0.1) is 39.5 Å². The third-order valence-electron chi connectivity index (χ3n) is 27.9. The number of nitrogens with one attached hydrogen (secondary N) is 4. The zero-order valence-corrected chi connectivity index (χ0v) is 89.4. The number of carbonyl (C=O) groups is 6. The predicted molar refractivity (Wildman–Crippen MR) is 565 cm³/mol. The second-order valence-electron chi connectivity index (χ2n) is 41.4. The molecule has 0 radical (unpaired) electrons. The van der Waals surface area contributed by atoms with Crippen molar-refractivity contribution in [1.29, 1.82) is 0 Å². The summed E-state index contributed by atoms with van der Waals surface area (Å²) in [7, 11) is -8.19. The van der Waals surface area contributed by atoms with Crippen LogP contribution in [0.25, 0.3) is 66.8 Å². The molecule has 5 N–H and O–H groups in total. The van der Waals surface area contributed by atoms with E-state index in [2.05, 4.69) is 41.3 Å². The number of pyridine rings is 3. The number of fused-ring (bicyclic) bond motifs is 4. The average Bonchev–Trinajstić information content (AvgIpc) is 1.60. The van der Waals surface area contributed by atoms with Crippen molar-refractivity contribution in [3.8, 4) is 23.1 Å². The van der Waals surface area contributed by atoms with E-state index in [-0.39, 0.29) is 117 Å². The summed E-state index contributed by atoms with van der Waals surface area (Å²) < 4.78 is 141. The summed E-state index contributed by atoms with van der Waals surface area (Å²) in [6.07, 6.45) is 18.1. The molecule has 5 aromatic carbocycles. The fourth-order valence-electron chi connectivity index (χ4n) is 19.2. The molecule has 4 aliphatic carbocycles. The average molecular weight is 2110 g/mol. The van der Waals surface area contributed by atoms with Gasteiger partial charge in [-0.2, -0.15) is 20.4 Å². The smallest absolute Gasteiger partial charge is 0.410 e. The minimum atomic E-state index is -3.70. The van der Waals surface area contributed by atoms with Gasteiger partial charge < -0.3 is 45.6 Å². The van der Waals surface area contributed by atoms with Crippen molar-refractivity contribution in [2.24, 2.45) is 11.8 Å². The summed E-state index contributed by atoms with van der Waals surface area (Å²) in [4.78, 5) is 94.6. The maximum atomic E-state index is 14.7. The van der Waals surface area contributed by atoms with Gasteiger partial charge in [-0.15, -0.1) is 0 Å². The number of hydrogen-bond acceptors (Lipinski definition) is 25. The van der Waals surface area contributed by atoms with Gasteiger partial charge in [0.15, 0.2) is 23.1 Å². The van der Waals surface area contributed by atoms with Gasteiger partial charge >= 0.3 is 6.09 Å². The van der Waals surface area contributed by atoms with Crippen LogP contribution in [-0.4, -0.2) is 299 Å². The van der Waals surface area contributed by atoms with E-state index in [0.717, 1.165) is 108 Å². The lowest BCUT2D eigenvalue weighted by atomic mass is 9.96. The van der Waals surface area contributed by atoms with Gasteiger partial charge in [0.25, 0.3) is 23.6 Å². The lowest BCUT2D eigenvalue weighted by Crippen LogP contribution is -2.53. The monoisotopic (exact) mass is 2100 g/mol. The number of nitrogens with zero attached hydrogens (tertiary/aromatic N) is 18. The fourth-order valence-corrected chi connectivity index (χ4v) is 23.0. The number of anilines is 4. The van der Waals surface area contributed by atoms with E-state index in [1.165, 1.54) is 50.0 Å². The van der Waals surface area contributed by atoms with E-state index in [9.17, 15) is 71.9 Å². The Morgan fingerprint density at radius 3 is 1.01 bits per heavy atom. The maximum Gasteiger partial charge on any atom is 0.410 e. The van der Waals surface area contributed by atoms with Crippen LogP contribution in [0.1, 0.15) is 208 Å². The number of amides is 6. The number of likely N-dealkylation sites (tertiary alicyclic amines) is 3. The Kier molecular flexibility index (Phi) is 30.2. The first-order valence-electron chi connectivity index (χ1n) is 49.9. The number of halogens is 1. The third kappa shape index (κ3) is 23.6. The van der Waals surface area contributed by atoms with Crippen LogP contribution in [0.4, 0.5) is 31.9 Å². The Morgan fingerprint density at radius 1 is 0.432 bits per heavy atom. The van der Waals surface area contributed by atoms with Gasteiger partial charge in [0.05, 0.1) is 94.8 Å². The zero-order chi connectivity index (χ0) is 106. The maximum absolute atomic E-state index is 14.7. The normalized spacial score (nSPS) is 16.5. The highest BCUT2D eigenvalue weighted by molar-refractivity contribution is 7.93. The van der Waals surface area contributed by atoms with Gasteiger partial charge in [-0.25, -0.2) is 76.5 Å². The van der Waals surface area contributed by atoms with Gasteiger partial charge in [0.2, 0.25) is 46.0 Å². The number of benzene rings is 5. The van der Waals surface area contributed by atoms with Crippen molar-refractivity contribution in [3.05, 3.63) is 195 Å². The SMILES string of the molecule is CNC(=O)c1c2cc(C3CC3)c(N(CCC3(F)COC3)S(C)(=O)=O)cc2nn1-c1ccc(C)cn1.CNC(=O)c1c2cc(C3CC3)c(N(CCC3CN(C(=O)OC(C)(C)C)C3)S(C)(=O)=O)cc2nn1-c1ccc(C)cn1.CNC(=O)c1c2cc(C3CC3)c(N(CCC3CN(C(C)=O)C3)S(C)(=O)=O)cc2nn1-c1ccc(C)cn1.CNC(=O)c1c2cc(C3CC3)c(N(CCN3CC(O)C3)S(C)(=O)=O)cc2nn1-c1ccc(C)cc1. The van der Waals surface area contributed by atoms with E-state index in [4.69, 9.17) is 24.8 Å². The number of aryl methyl sites for hydroxylation is 4. The van der Waals surface area contributed by atoms with Gasteiger partial charge in [-0.3, -0.25) is 46.1 Å². The number of carbonyl (C=O) groups excluding carboxylic acids is 6. The van der Waals surface area contributed by atoms with E-state index < -0.39 is 51.4 Å². The van der Waals surface area contributed by atoms with E-state index in [1.807, 2.05) is 132 Å². The highest BCUT2D eigenvalue weighted by Gasteiger charge is 2.44. The molecular weight excluding hydrogens is 1980 g/mol. The second kappa shape index (κ2) is 42.1. The van der Waals surface area contributed by atoms with Crippen LogP contribution < -0.4 is 38.5 Å². The summed E-state index contributed by atoms with van der Waals surface area (Å²) in [6, 6.07) is 33.6. The summed E-state index contributed by atoms with van der Waals surface area (Å²) >= 11 is 0. The molecule has 20 rings (SSSR count). The minimum absolute atomic E-state index is 0.00749. The standard InChI is InChI=1S/C29H38N6O5S.C26H32N6O4S.C25H31N5O4S.C24H28FN5O4S/c1-18-7-10-25(31-15-18)35-26(27(36)30-5)22-13-21(20-8-9-20)24(14-23(22)32-35)34(41(6,38)39)12-11-19-16-33(17-19)28(37)40-29(2,3)4;1-16-5-8-24(28-13-16)32-25(26(34)27-3)21-11-20(19-6-7-19)23(12-22(21)29-32)31(37(4,35)36)10-9-18-14-30(15-18)17(2)33;1-16-4-8-18(9-5-16)30-24(25(32)26-2)21-12-20(17-6-7-17)23(13-22(21)27-30)29(35(3,33)34)11-10-28-14-19(31)15-28;1-15-4-7-21(27-12-15)30-22(23(31)26-2)18-10-17(16-5-6-16)20(11-19(18)28-30)29(35(3,32)33)9-8-24(25)13-34-14-24/h7,10,13-15,19-20H,8-9,11-12,16-17H2,1-6H3,(H,30,36);5,8,11-13,18-19H,6-7,9-10,14-15H2,1-4H3,(H,27,34);4-5,8-9,12-13,17,19,31H,6-7,10-11,14-15H2,1-3H3,(H,26,32);4,7,10-12,16H,5-6,8-9,13-14H2,1-3H3,(H,26,31). The molecule has 12 aromatic rings. The van der Waals surface area contributed by atoms with E-state index >= 15 is 0 Å². The number of ether oxygens (including phenoxy) is 2. The molecular formula is C104H129FN22O17S4. The van der Waals surface area contributed by atoms with Crippen molar-refractivity contribution in [2.75, 3.05) is 156 Å². The molecule has 8 fully saturated rings. The highest BCUT2D eigenvalue weighted by Crippen LogP contribution is 2.52. The largest absolute Gasteiger partial charge is 0.444 e. The Hall–Kier alpha value is -13.1. The zero-order valence-electron chi connectivity index (χ0n) is 86.2. The Balaban J connectivity index is 0.000000135. The van der Waals surface area contributed by atoms with Crippen molar-refractivity contribution in [1.82, 2.24) is 90.0 Å². The summed E-state index contributed by atoms with van der Waals surface area (Å²) in [6.45, 7) is 19.7. The number of sulfonamides is 4. The molecule has 39 nitrogen and oxygen atoms in total. The molecule has 4 saturated carbocycles. The minimum Gasteiger partial charge on any atom is -0.444 e. The molecule has 44 heteroatoms. The number of rotatable bonds is 32. The molecule has 8 aliphatic rings. The first-order valence-corrected chi connectivity index (χ1v) is 57.3. The fraction of sp³-hybridized carbons (Fsp3) is 0.471. The first kappa shape index (κ1) is 106. The van der Waals surface area contributed by atoms with Gasteiger partial charge in [-0.1, -0.05) is 35.9 Å². The number of aromatic nitrogens is 11. The van der Waals surface area contributed by atoms with Crippen LogP contribution >= 0.6 is 0 Å². The van der Waals surface area contributed by atoms with Crippen molar-refractivity contribution in [3.63, 3.8) is 0 Å². The molecule has 7 aromatic heterocycles. The number of β-amino-alcohol motifs (C(OH)–C–C–N with tert-alkyl or cyclic N) is 1. The van der Waals surface area contributed by atoms with Crippen LogP contribution in [-0.2, 0) is 54.4 Å². The molecule has 788 valence electrons. The van der Waals surface area contributed by atoms with Crippen LogP contribution in [0.3, 0.4) is 0 Å². The van der Waals surface area contributed by atoms with Crippen LogP contribution in [0.2, 0.25) is 0 Å². The number of aliphatic hydroxyl groups is 1. The molecule has 6 amide bonds. The Bertz CT molecular complexity index is 7610. The molecule has 4 saturated heterocycles. The van der Waals surface area contributed by atoms with E-state index in [0.29, 0.717) is 172 Å². The first-order chi connectivity index (χ1) is 70.1. The molecule has 0 unspecified atom stereocenters. The summed E-state index contributed by atoms with van der Waals surface area (Å²) in [5.41, 5.74) is 12.2. The van der Waals surface area contributed by atoms with Gasteiger partial charge in [0, 0.05) is 154 Å². The quantitative estimate of drug-likeness (QED) is 0.0261. The number of aliphatic hydroxyl groups excluding tert-OH is 1. The Labute approximate surface area is 860 Å². The molecule has 148 heavy (non-hydrogen) atoms. The number of hydrogen-bond donors (Lipinski definition) is 5. The summed E-state index contributed by atoms with van der Waals surface area (Å²) in [5, 5.41) is 41.8. The Morgan fingerprint density at radius 2 is 0.736 bits per heavy atom. The predicted octanol–water partition coefficient (Wildman–Crippen LogP) is 11.5. The lowest BCUT2D eigenvalue weighted by Gasteiger charge is -2.40.